The molecule has 2 aliphatic carbocycles. The third kappa shape index (κ3) is 1.35. The van der Waals surface area contributed by atoms with Crippen LogP contribution in [0.5, 0.6) is 0 Å². The van der Waals surface area contributed by atoms with Gasteiger partial charge >= 0.3 is 7.12 Å². The van der Waals surface area contributed by atoms with E-state index >= 15 is 0 Å². The van der Waals surface area contributed by atoms with Gasteiger partial charge in [0.2, 0.25) is 0 Å². The Labute approximate surface area is 67.1 Å². The highest BCUT2D eigenvalue weighted by Gasteiger charge is 2.31. The molecule has 0 aromatic carbocycles. The molecule has 0 spiro atoms. The standard InChI is InChI=1S/C8H13BO2/c10-9(11)8-4-6-1-2-7(3-6)5-8/h4,6-7,10-11H,1-3,5H2. The minimum Gasteiger partial charge on any atom is -0.423 e. The van der Waals surface area contributed by atoms with Gasteiger partial charge < -0.3 is 10.0 Å². The summed E-state index contributed by atoms with van der Waals surface area (Å²) < 4.78 is 0. The van der Waals surface area contributed by atoms with Crippen molar-refractivity contribution in [3.63, 3.8) is 0 Å². The predicted octanol–water partition coefficient (Wildman–Crippen LogP) is 0.745. The van der Waals surface area contributed by atoms with Crippen molar-refractivity contribution >= 4 is 7.12 Å². The molecule has 2 aliphatic rings. The fourth-order valence-electron chi connectivity index (χ4n) is 2.35. The van der Waals surface area contributed by atoms with Crippen LogP contribution in [-0.4, -0.2) is 17.2 Å². The van der Waals surface area contributed by atoms with Gasteiger partial charge in [0.15, 0.2) is 0 Å². The van der Waals surface area contributed by atoms with E-state index in [1.807, 2.05) is 0 Å². The lowest BCUT2D eigenvalue weighted by atomic mass is 9.70. The largest absolute Gasteiger partial charge is 0.483 e. The van der Waals surface area contributed by atoms with E-state index in [-0.39, 0.29) is 0 Å². The minimum absolute atomic E-state index is 0.644. The Kier molecular flexibility index (Phi) is 1.78. The van der Waals surface area contributed by atoms with Gasteiger partial charge in [-0.2, -0.15) is 0 Å². The fraction of sp³-hybridized carbons (Fsp3) is 0.750. The Morgan fingerprint density at radius 1 is 1.36 bits per heavy atom. The van der Waals surface area contributed by atoms with Crippen molar-refractivity contribution in [2.45, 2.75) is 25.7 Å². The summed E-state index contributed by atoms with van der Waals surface area (Å²) in [6.45, 7) is 0. The predicted molar refractivity (Wildman–Crippen MR) is 43.7 cm³/mol. The maximum atomic E-state index is 8.93. The maximum absolute atomic E-state index is 8.93. The van der Waals surface area contributed by atoms with Gasteiger partial charge in [0, 0.05) is 0 Å². The Morgan fingerprint density at radius 3 is 2.82 bits per heavy atom. The van der Waals surface area contributed by atoms with Crippen LogP contribution in [0, 0.1) is 11.8 Å². The van der Waals surface area contributed by atoms with Gasteiger partial charge in [-0.25, -0.2) is 0 Å². The number of allylic oxidation sites excluding steroid dienone is 2. The third-order valence-corrected chi connectivity index (χ3v) is 2.89. The average Bonchev–Trinajstić information content (AvgIpc) is 2.30. The van der Waals surface area contributed by atoms with Crippen LogP contribution in [0.15, 0.2) is 11.5 Å². The van der Waals surface area contributed by atoms with Gasteiger partial charge in [0.1, 0.15) is 0 Å². The second-order valence-electron chi connectivity index (χ2n) is 3.76. The maximum Gasteiger partial charge on any atom is 0.483 e. The molecule has 2 N–H and O–H groups in total. The summed E-state index contributed by atoms with van der Waals surface area (Å²) in [7, 11) is -1.20. The molecule has 11 heavy (non-hydrogen) atoms. The smallest absolute Gasteiger partial charge is 0.423 e. The first-order valence-corrected chi connectivity index (χ1v) is 4.32. The highest BCUT2D eigenvalue weighted by Crippen LogP contribution is 2.40. The number of hydrogen-bond donors (Lipinski definition) is 2. The van der Waals surface area contributed by atoms with Crippen molar-refractivity contribution in [2.24, 2.45) is 11.8 Å². The van der Waals surface area contributed by atoms with Crippen molar-refractivity contribution < 1.29 is 10.0 Å². The molecule has 60 valence electrons. The van der Waals surface area contributed by atoms with Gasteiger partial charge in [-0.1, -0.05) is 6.08 Å². The van der Waals surface area contributed by atoms with Crippen LogP contribution in [0.2, 0.25) is 0 Å². The summed E-state index contributed by atoms with van der Waals surface area (Å²) in [5, 5.41) is 17.9. The Bertz CT molecular complexity index is 189. The van der Waals surface area contributed by atoms with Gasteiger partial charge in [-0.15, -0.1) is 0 Å². The molecule has 0 aromatic rings. The molecule has 2 nitrogen and oxygen atoms in total. The molecule has 0 amide bonds. The molecule has 0 heterocycles. The zero-order valence-corrected chi connectivity index (χ0v) is 6.53. The van der Waals surface area contributed by atoms with Gasteiger partial charge in [0.25, 0.3) is 0 Å². The molecule has 0 radical (unpaired) electrons. The SMILES string of the molecule is OB(O)C1=CC2CCC(C1)C2. The molecule has 0 aliphatic heterocycles. The van der Waals surface area contributed by atoms with Gasteiger partial charge in [-0.3, -0.25) is 0 Å². The van der Waals surface area contributed by atoms with Crippen molar-refractivity contribution in [1.29, 1.82) is 0 Å². The molecule has 2 bridgehead atoms. The highest BCUT2D eigenvalue weighted by atomic mass is 16.4. The summed E-state index contributed by atoms with van der Waals surface area (Å²) in [5.41, 5.74) is 0.851. The van der Waals surface area contributed by atoms with Crippen LogP contribution in [0.3, 0.4) is 0 Å². The zero-order valence-electron chi connectivity index (χ0n) is 6.53. The second kappa shape index (κ2) is 2.65. The van der Waals surface area contributed by atoms with Crippen molar-refractivity contribution in [3.05, 3.63) is 11.5 Å². The van der Waals surface area contributed by atoms with E-state index in [0.29, 0.717) is 5.92 Å². The highest BCUT2D eigenvalue weighted by molar-refractivity contribution is 6.50. The normalized spacial score (nSPS) is 35.3. The lowest BCUT2D eigenvalue weighted by Crippen LogP contribution is -2.20. The van der Waals surface area contributed by atoms with Gasteiger partial charge in [0.05, 0.1) is 0 Å². The molecular formula is C8H13BO2. The van der Waals surface area contributed by atoms with E-state index in [1.165, 1.54) is 19.3 Å². The molecule has 2 unspecified atom stereocenters. The van der Waals surface area contributed by atoms with E-state index in [0.717, 1.165) is 17.8 Å². The van der Waals surface area contributed by atoms with Crippen LogP contribution in [0.1, 0.15) is 25.7 Å². The average molecular weight is 152 g/mol. The van der Waals surface area contributed by atoms with E-state index in [1.54, 1.807) is 0 Å². The first-order chi connectivity index (χ1) is 5.25. The van der Waals surface area contributed by atoms with E-state index < -0.39 is 7.12 Å². The summed E-state index contributed by atoms with van der Waals surface area (Å²) in [6.07, 6.45) is 6.77. The minimum atomic E-state index is -1.20. The zero-order chi connectivity index (χ0) is 7.84. The van der Waals surface area contributed by atoms with Crippen molar-refractivity contribution in [3.8, 4) is 0 Å². The summed E-state index contributed by atoms with van der Waals surface area (Å²) in [5.74, 6) is 1.38. The molecule has 2 rings (SSSR count). The Balaban J connectivity index is 2.13. The molecule has 1 fully saturated rings. The Morgan fingerprint density at radius 2 is 2.18 bits per heavy atom. The first kappa shape index (κ1) is 7.38. The van der Waals surface area contributed by atoms with Crippen LogP contribution in [-0.2, 0) is 0 Å². The topological polar surface area (TPSA) is 40.5 Å². The van der Waals surface area contributed by atoms with Crippen molar-refractivity contribution in [1.82, 2.24) is 0 Å². The molecule has 2 atom stereocenters. The number of hydrogen-bond acceptors (Lipinski definition) is 2. The van der Waals surface area contributed by atoms with Gasteiger partial charge in [-0.05, 0) is 43.0 Å². The van der Waals surface area contributed by atoms with Crippen LogP contribution in [0.4, 0.5) is 0 Å². The molecule has 0 aromatic heterocycles. The molecule has 3 heteroatoms. The van der Waals surface area contributed by atoms with E-state index in [2.05, 4.69) is 6.08 Å². The number of fused-ring (bicyclic) bond motifs is 2. The Hall–Kier alpha value is -0.275. The third-order valence-electron chi connectivity index (χ3n) is 2.89. The monoisotopic (exact) mass is 152 g/mol. The molecule has 0 saturated heterocycles. The van der Waals surface area contributed by atoms with Crippen LogP contribution >= 0.6 is 0 Å². The summed E-state index contributed by atoms with van der Waals surface area (Å²) in [4.78, 5) is 0. The van der Waals surface area contributed by atoms with Crippen LogP contribution < -0.4 is 0 Å². The summed E-state index contributed by atoms with van der Waals surface area (Å²) >= 11 is 0. The van der Waals surface area contributed by atoms with Crippen LogP contribution in [0.25, 0.3) is 0 Å². The van der Waals surface area contributed by atoms with E-state index in [4.69, 9.17) is 10.0 Å². The second-order valence-corrected chi connectivity index (χ2v) is 3.76. The lowest BCUT2D eigenvalue weighted by Gasteiger charge is -2.18. The van der Waals surface area contributed by atoms with Crippen molar-refractivity contribution in [2.75, 3.05) is 0 Å². The van der Waals surface area contributed by atoms with E-state index in [9.17, 15) is 0 Å². The molecular weight excluding hydrogens is 139 g/mol. The fourth-order valence-corrected chi connectivity index (χ4v) is 2.35. The first-order valence-electron chi connectivity index (χ1n) is 4.32. The number of rotatable bonds is 1. The molecule has 1 saturated carbocycles. The summed E-state index contributed by atoms with van der Waals surface area (Å²) in [6, 6.07) is 0. The lowest BCUT2D eigenvalue weighted by molar-refractivity contribution is 0.404. The quantitative estimate of drug-likeness (QED) is 0.544.